The first-order chi connectivity index (χ1) is 19.6. The highest BCUT2D eigenvalue weighted by Crippen LogP contribution is 2.78. The first kappa shape index (κ1) is 23.1. The second-order valence-electron chi connectivity index (χ2n) is 16.1. The zero-order chi connectivity index (χ0) is 26.1. The molecule has 7 bridgehead atoms. The summed E-state index contributed by atoms with van der Waals surface area (Å²) in [5, 5.41) is 3.68. The number of hydrogen-bond donors (Lipinski definition) is 1. The van der Waals surface area contributed by atoms with Crippen LogP contribution >= 0.6 is 0 Å². The minimum atomic E-state index is 0.490. The van der Waals surface area contributed by atoms with Gasteiger partial charge in [0.05, 0.1) is 0 Å². The Morgan fingerprint density at radius 3 is 1.62 bits per heavy atom. The summed E-state index contributed by atoms with van der Waals surface area (Å²) in [4.78, 5) is 0. The van der Waals surface area contributed by atoms with Gasteiger partial charge in [-0.3, -0.25) is 0 Å². The van der Waals surface area contributed by atoms with Crippen LogP contribution in [0.4, 0.5) is 11.4 Å². The quantitative estimate of drug-likeness (QED) is 0.349. The molecular weight excluding hydrogens is 482 g/mol. The van der Waals surface area contributed by atoms with Crippen molar-refractivity contribution in [2.45, 2.75) is 87.9 Å². The van der Waals surface area contributed by atoms with Crippen LogP contribution in [0.5, 0.6) is 0 Å². The van der Waals surface area contributed by atoms with E-state index in [0.29, 0.717) is 10.8 Å². The minimum Gasteiger partial charge on any atom is -0.356 e. The van der Waals surface area contributed by atoms with Gasteiger partial charge < -0.3 is 5.32 Å². The van der Waals surface area contributed by atoms with Crippen molar-refractivity contribution < 1.29 is 0 Å². The summed E-state index contributed by atoms with van der Waals surface area (Å²) in [6.45, 7) is 0. The predicted molar refractivity (Wildman–Crippen MR) is 164 cm³/mol. The van der Waals surface area contributed by atoms with Crippen molar-refractivity contribution in [3.05, 3.63) is 83.9 Å². The Labute approximate surface area is 240 Å². The summed E-state index contributed by atoms with van der Waals surface area (Å²) in [5.41, 5.74) is 10.1. The Bertz CT molecular complexity index is 1430. The van der Waals surface area contributed by atoms with Gasteiger partial charge in [0, 0.05) is 11.4 Å². The summed E-state index contributed by atoms with van der Waals surface area (Å²) < 4.78 is 0. The van der Waals surface area contributed by atoms with E-state index in [1.807, 2.05) is 0 Å². The van der Waals surface area contributed by atoms with Crippen LogP contribution in [0.15, 0.2) is 72.8 Å². The summed E-state index contributed by atoms with van der Waals surface area (Å²) >= 11 is 0. The second-order valence-corrected chi connectivity index (χ2v) is 16.1. The molecule has 0 saturated heterocycles. The molecule has 0 aromatic heterocycles. The lowest BCUT2D eigenvalue weighted by Gasteiger charge is -2.57. The fourth-order valence-corrected chi connectivity index (χ4v) is 13.0. The van der Waals surface area contributed by atoms with E-state index in [2.05, 4.69) is 78.1 Å². The van der Waals surface area contributed by atoms with E-state index in [1.54, 1.807) is 30.4 Å². The molecule has 1 nitrogen and oxygen atoms in total. The summed E-state index contributed by atoms with van der Waals surface area (Å²) in [5.74, 6) is 6.14. The van der Waals surface area contributed by atoms with Crippen LogP contribution in [0.1, 0.15) is 88.2 Å². The maximum absolute atomic E-state index is 3.68. The van der Waals surface area contributed by atoms with Crippen LogP contribution in [0.2, 0.25) is 0 Å². The Kier molecular flexibility index (Phi) is 4.52. The predicted octanol–water partition coefficient (Wildman–Crippen LogP) is 10.0. The van der Waals surface area contributed by atoms with Gasteiger partial charge in [-0.2, -0.15) is 0 Å². The molecule has 0 radical (unpaired) electrons. The number of nitrogens with one attached hydrogen (secondary N) is 1. The first-order valence-corrected chi connectivity index (χ1v) is 16.7. The SMILES string of the molecule is c1cc(-c2ccc(C34CC5CC(CC(C5)C3)C4)cc2)ccc1Nc1ccc(C23CC4CC5CC(C2)C5(C4)C3)cc1. The molecule has 8 aliphatic rings. The number of anilines is 2. The molecular formula is C39H43N. The molecule has 204 valence electrons. The third-order valence-corrected chi connectivity index (χ3v) is 14.0. The fourth-order valence-electron chi connectivity index (χ4n) is 13.0. The second kappa shape index (κ2) is 7.84. The Morgan fingerprint density at radius 2 is 0.975 bits per heavy atom. The lowest BCUT2D eigenvalue weighted by atomic mass is 9.48. The van der Waals surface area contributed by atoms with Crippen LogP contribution in [0.25, 0.3) is 11.1 Å². The normalized spacial score (nSPS) is 43.1. The highest BCUT2D eigenvalue weighted by atomic mass is 14.9. The van der Waals surface area contributed by atoms with Gasteiger partial charge in [-0.05, 0) is 175 Å². The van der Waals surface area contributed by atoms with Gasteiger partial charge in [0.25, 0.3) is 0 Å². The van der Waals surface area contributed by atoms with E-state index in [4.69, 9.17) is 0 Å². The number of hydrogen-bond acceptors (Lipinski definition) is 1. The molecule has 3 aromatic carbocycles. The molecule has 5 unspecified atom stereocenters. The maximum atomic E-state index is 3.68. The minimum absolute atomic E-state index is 0.490. The molecule has 5 atom stereocenters. The number of rotatable bonds is 5. The number of fused-ring (bicyclic) bond motifs is 2. The van der Waals surface area contributed by atoms with Crippen molar-refractivity contribution in [2.24, 2.45) is 40.9 Å². The van der Waals surface area contributed by atoms with E-state index in [9.17, 15) is 0 Å². The molecule has 3 aromatic rings. The third kappa shape index (κ3) is 3.16. The zero-order valence-corrected chi connectivity index (χ0v) is 23.9. The highest BCUT2D eigenvalue weighted by molar-refractivity contribution is 5.69. The van der Waals surface area contributed by atoms with Crippen LogP contribution in [0.3, 0.4) is 0 Å². The fraction of sp³-hybridized carbons (Fsp3) is 0.538. The van der Waals surface area contributed by atoms with Gasteiger partial charge in [-0.25, -0.2) is 0 Å². The van der Waals surface area contributed by atoms with Gasteiger partial charge in [0.2, 0.25) is 0 Å². The Hall–Kier alpha value is -2.54. The molecule has 0 aliphatic heterocycles. The van der Waals surface area contributed by atoms with E-state index in [1.165, 1.54) is 80.3 Å². The van der Waals surface area contributed by atoms with Gasteiger partial charge in [-0.15, -0.1) is 0 Å². The molecule has 8 saturated carbocycles. The average Bonchev–Trinajstić information content (AvgIpc) is 3.28. The van der Waals surface area contributed by atoms with Crippen molar-refractivity contribution in [3.63, 3.8) is 0 Å². The van der Waals surface area contributed by atoms with Crippen LogP contribution < -0.4 is 5.32 Å². The van der Waals surface area contributed by atoms with E-state index in [0.717, 1.165) is 40.9 Å². The maximum Gasteiger partial charge on any atom is 0.0384 e. The van der Waals surface area contributed by atoms with E-state index < -0.39 is 0 Å². The van der Waals surface area contributed by atoms with Crippen molar-refractivity contribution in [3.8, 4) is 11.1 Å². The third-order valence-electron chi connectivity index (χ3n) is 14.0. The summed E-state index contributed by atoms with van der Waals surface area (Å²) in [7, 11) is 0. The average molecular weight is 526 g/mol. The van der Waals surface area contributed by atoms with Crippen molar-refractivity contribution in [2.75, 3.05) is 5.32 Å². The molecule has 1 spiro atoms. The molecule has 8 aliphatic carbocycles. The summed E-state index contributed by atoms with van der Waals surface area (Å²) in [6, 6.07) is 28.4. The smallest absolute Gasteiger partial charge is 0.0384 e. The molecule has 1 heteroatoms. The molecule has 40 heavy (non-hydrogen) atoms. The van der Waals surface area contributed by atoms with Gasteiger partial charge in [0.1, 0.15) is 0 Å². The van der Waals surface area contributed by atoms with Crippen LogP contribution in [-0.2, 0) is 10.8 Å². The van der Waals surface area contributed by atoms with Crippen molar-refractivity contribution in [1.82, 2.24) is 0 Å². The zero-order valence-electron chi connectivity index (χ0n) is 23.9. The van der Waals surface area contributed by atoms with E-state index in [-0.39, 0.29) is 0 Å². The van der Waals surface area contributed by atoms with E-state index >= 15 is 0 Å². The molecule has 8 fully saturated rings. The molecule has 0 amide bonds. The standard InChI is InChI=1S/C39H43N/c1-5-31(37-18-25-13-26(19-37)15-27(14-25)20-37)6-2-29(1)30-3-9-35(10-4-30)40-36-11-7-32(8-12-36)38-21-28-16-33-17-34(23-38)39(33,22-28)24-38/h1-12,25-28,33-34,40H,13-24H2. The Morgan fingerprint density at radius 1 is 0.450 bits per heavy atom. The largest absolute Gasteiger partial charge is 0.356 e. The first-order valence-electron chi connectivity index (χ1n) is 16.7. The lowest BCUT2D eigenvalue weighted by Crippen LogP contribution is -2.48. The molecule has 0 heterocycles. The Balaban J connectivity index is 0.839. The van der Waals surface area contributed by atoms with Crippen LogP contribution in [-0.4, -0.2) is 0 Å². The lowest BCUT2D eigenvalue weighted by molar-refractivity contribution is -0.00518. The monoisotopic (exact) mass is 525 g/mol. The van der Waals surface area contributed by atoms with Gasteiger partial charge in [0.15, 0.2) is 0 Å². The molecule has 1 N–H and O–H groups in total. The summed E-state index contributed by atoms with van der Waals surface area (Å²) in [6.07, 6.45) is 18.0. The van der Waals surface area contributed by atoms with Crippen LogP contribution in [0, 0.1) is 40.9 Å². The van der Waals surface area contributed by atoms with Gasteiger partial charge >= 0.3 is 0 Å². The number of benzene rings is 3. The van der Waals surface area contributed by atoms with Gasteiger partial charge in [-0.1, -0.05) is 48.5 Å². The van der Waals surface area contributed by atoms with Crippen molar-refractivity contribution >= 4 is 11.4 Å². The van der Waals surface area contributed by atoms with Crippen molar-refractivity contribution in [1.29, 1.82) is 0 Å². The topological polar surface area (TPSA) is 12.0 Å². The molecule has 11 rings (SSSR count). The highest BCUT2D eigenvalue weighted by Gasteiger charge is 2.70.